The predicted octanol–water partition coefficient (Wildman–Crippen LogP) is 6.14. The molecular weight excluding hydrogens is 640 g/mol. The van der Waals surface area contributed by atoms with Crippen LogP contribution < -0.4 is 16.4 Å². The van der Waals surface area contributed by atoms with Crippen LogP contribution in [-0.2, 0) is 16.5 Å². The summed E-state index contributed by atoms with van der Waals surface area (Å²) in [7, 11) is -4.70. The van der Waals surface area contributed by atoms with Gasteiger partial charge in [-0.15, -0.1) is 0 Å². The maximum absolute atomic E-state index is 12.8. The fourth-order valence-electron chi connectivity index (χ4n) is 6.44. The van der Waals surface area contributed by atoms with Gasteiger partial charge in [0.2, 0.25) is 11.2 Å². The van der Waals surface area contributed by atoms with Crippen molar-refractivity contribution in [1.29, 1.82) is 0 Å². The SMILES string of the molecule is Cc1cccc(Nc2nc(Cl)nc(Cc3c(C)c(Nc4ccc(N)c5c4C(O)c4ccccc4C5O)c(C)c(S(=O)(=O)O)c3C)n2)c1. The van der Waals surface area contributed by atoms with Gasteiger partial charge < -0.3 is 26.6 Å². The third kappa shape index (κ3) is 6.01. The van der Waals surface area contributed by atoms with Crippen molar-refractivity contribution in [2.75, 3.05) is 16.4 Å². The number of nitrogens with two attached hydrogens (primary N) is 1. The van der Waals surface area contributed by atoms with E-state index in [1.54, 1.807) is 50.2 Å². The highest BCUT2D eigenvalue weighted by Gasteiger charge is 2.34. The van der Waals surface area contributed by atoms with Crippen LogP contribution in [0.3, 0.4) is 0 Å². The average Bonchev–Trinajstić information content (AvgIpc) is 3.00. The van der Waals surface area contributed by atoms with Crippen LogP contribution in [0.5, 0.6) is 0 Å². The van der Waals surface area contributed by atoms with Gasteiger partial charge in [-0.05, 0) is 103 Å². The molecule has 2 atom stereocenters. The highest BCUT2D eigenvalue weighted by Crippen LogP contribution is 2.48. The van der Waals surface area contributed by atoms with Gasteiger partial charge in [0.05, 0.1) is 0 Å². The Labute approximate surface area is 277 Å². The topological polar surface area (TPSA) is 184 Å². The number of aryl methyl sites for hydroxylation is 1. The lowest BCUT2D eigenvalue weighted by atomic mass is 9.80. The molecule has 13 heteroatoms. The summed E-state index contributed by atoms with van der Waals surface area (Å²) in [6, 6.07) is 17.9. The maximum Gasteiger partial charge on any atom is 0.295 e. The number of rotatable bonds is 7. The monoisotopic (exact) mass is 672 g/mol. The lowest BCUT2D eigenvalue weighted by molar-refractivity contribution is 0.174. The van der Waals surface area contributed by atoms with Gasteiger partial charge in [0.1, 0.15) is 22.9 Å². The molecule has 1 aliphatic rings. The fourth-order valence-corrected chi connectivity index (χ4v) is 7.61. The van der Waals surface area contributed by atoms with E-state index in [4.69, 9.17) is 17.3 Å². The minimum absolute atomic E-state index is 0.0500. The van der Waals surface area contributed by atoms with E-state index in [0.717, 1.165) is 11.3 Å². The predicted molar refractivity (Wildman–Crippen MR) is 181 cm³/mol. The first-order chi connectivity index (χ1) is 22.2. The van der Waals surface area contributed by atoms with E-state index in [-0.39, 0.29) is 33.9 Å². The van der Waals surface area contributed by atoms with E-state index in [0.29, 0.717) is 56.0 Å². The Kier molecular flexibility index (Phi) is 8.41. The van der Waals surface area contributed by atoms with Crippen molar-refractivity contribution in [2.45, 2.75) is 51.2 Å². The van der Waals surface area contributed by atoms with E-state index in [2.05, 4.69) is 25.6 Å². The van der Waals surface area contributed by atoms with E-state index >= 15 is 0 Å². The number of halogens is 1. The molecule has 5 aromatic rings. The number of aliphatic hydroxyl groups is 2. The molecule has 6 rings (SSSR count). The Balaban J connectivity index is 1.47. The van der Waals surface area contributed by atoms with Crippen LogP contribution in [0.4, 0.5) is 28.7 Å². The molecule has 1 aromatic heterocycles. The lowest BCUT2D eigenvalue weighted by Crippen LogP contribution is -2.21. The third-order valence-electron chi connectivity index (χ3n) is 8.57. The number of nitrogen functional groups attached to an aromatic ring is 1. The van der Waals surface area contributed by atoms with Gasteiger partial charge in [-0.25, -0.2) is 4.98 Å². The van der Waals surface area contributed by atoms with Crippen LogP contribution in [0.25, 0.3) is 0 Å². The van der Waals surface area contributed by atoms with Crippen molar-refractivity contribution in [3.63, 3.8) is 0 Å². The smallest absolute Gasteiger partial charge is 0.295 e. The molecule has 47 heavy (non-hydrogen) atoms. The van der Waals surface area contributed by atoms with Crippen LogP contribution >= 0.6 is 11.6 Å². The standard InChI is InChI=1S/C34H33ClN6O5S/c1-16-8-7-9-20(14-16)37-34-40-26(39-33(35)41-34)15-23-17(2)29(19(4)32(18(23)3)47(44,45)46)38-25-13-12-24(36)27-28(25)31(43)22-11-6-5-10-21(22)30(27)42/h5-14,30-31,38,42-43H,15,36H2,1-4H3,(H,44,45,46)(H,37,39,40,41). The van der Waals surface area contributed by atoms with Gasteiger partial charge in [0, 0.05) is 40.3 Å². The zero-order valence-corrected chi connectivity index (χ0v) is 27.6. The van der Waals surface area contributed by atoms with Crippen molar-refractivity contribution >= 4 is 50.4 Å². The first-order valence-corrected chi connectivity index (χ1v) is 16.5. The number of benzene rings is 4. The highest BCUT2D eigenvalue weighted by atomic mass is 35.5. The lowest BCUT2D eigenvalue weighted by Gasteiger charge is -2.32. The molecule has 7 N–H and O–H groups in total. The van der Waals surface area contributed by atoms with Crippen LogP contribution in [0.15, 0.2) is 65.6 Å². The van der Waals surface area contributed by atoms with Gasteiger partial charge >= 0.3 is 0 Å². The second-order valence-corrected chi connectivity index (χ2v) is 13.3. The molecule has 0 spiro atoms. The summed E-state index contributed by atoms with van der Waals surface area (Å²) >= 11 is 6.30. The van der Waals surface area contributed by atoms with Crippen LogP contribution in [-0.4, -0.2) is 38.1 Å². The minimum atomic E-state index is -4.70. The molecule has 4 aromatic carbocycles. The summed E-state index contributed by atoms with van der Waals surface area (Å²) in [5.74, 6) is 0.477. The van der Waals surface area contributed by atoms with Crippen LogP contribution in [0, 0.1) is 27.7 Å². The Morgan fingerprint density at radius 1 is 0.830 bits per heavy atom. The Morgan fingerprint density at radius 2 is 1.51 bits per heavy atom. The maximum atomic E-state index is 12.8. The van der Waals surface area contributed by atoms with Crippen molar-refractivity contribution < 1.29 is 23.2 Å². The number of hydrogen-bond donors (Lipinski definition) is 6. The molecule has 2 unspecified atom stereocenters. The van der Waals surface area contributed by atoms with E-state index in [1.807, 2.05) is 38.1 Å². The summed E-state index contributed by atoms with van der Waals surface area (Å²) in [5, 5.41) is 29.2. The molecule has 1 aliphatic carbocycles. The zero-order chi connectivity index (χ0) is 33.8. The number of anilines is 5. The molecular formula is C34H33ClN6O5S. The summed E-state index contributed by atoms with van der Waals surface area (Å²) in [4.78, 5) is 12.8. The molecule has 11 nitrogen and oxygen atoms in total. The number of hydrogen-bond acceptors (Lipinski definition) is 10. The molecule has 0 amide bonds. The quantitative estimate of drug-likeness (QED) is 0.0862. The summed E-state index contributed by atoms with van der Waals surface area (Å²) in [6.07, 6.45) is -2.17. The molecule has 242 valence electrons. The Morgan fingerprint density at radius 3 is 2.17 bits per heavy atom. The highest BCUT2D eigenvalue weighted by molar-refractivity contribution is 7.86. The molecule has 1 heterocycles. The number of nitrogens with zero attached hydrogens (tertiary/aromatic N) is 3. The average molecular weight is 673 g/mol. The third-order valence-corrected chi connectivity index (χ3v) is 9.87. The molecule has 0 aliphatic heterocycles. The molecule has 0 bridgehead atoms. The summed E-state index contributed by atoms with van der Waals surface area (Å²) < 4.78 is 36.0. The van der Waals surface area contributed by atoms with Crippen LogP contribution in [0.2, 0.25) is 5.28 Å². The molecule has 0 fully saturated rings. The summed E-state index contributed by atoms with van der Waals surface area (Å²) in [6.45, 7) is 6.97. The van der Waals surface area contributed by atoms with Gasteiger partial charge in [-0.3, -0.25) is 4.55 Å². The number of fused-ring (bicyclic) bond motifs is 2. The zero-order valence-electron chi connectivity index (χ0n) is 26.0. The van der Waals surface area contributed by atoms with Gasteiger partial charge in [0.15, 0.2) is 0 Å². The number of aromatic nitrogens is 3. The van der Waals surface area contributed by atoms with Gasteiger partial charge in [-0.2, -0.15) is 18.4 Å². The first kappa shape index (κ1) is 32.4. The van der Waals surface area contributed by atoms with E-state index in [9.17, 15) is 23.2 Å². The molecule has 0 radical (unpaired) electrons. The Hall–Kier alpha value is -4.59. The van der Waals surface area contributed by atoms with E-state index < -0.39 is 22.3 Å². The largest absolute Gasteiger partial charge is 0.398 e. The fraction of sp³-hybridized carbons (Fsp3) is 0.206. The van der Waals surface area contributed by atoms with E-state index in [1.165, 1.54) is 0 Å². The van der Waals surface area contributed by atoms with Crippen molar-refractivity contribution in [2.24, 2.45) is 0 Å². The number of aliphatic hydroxyl groups excluding tert-OH is 2. The second kappa shape index (κ2) is 12.2. The molecule has 0 saturated heterocycles. The van der Waals surface area contributed by atoms with Crippen LogP contribution in [0.1, 0.15) is 68.1 Å². The number of nitrogens with one attached hydrogen (secondary N) is 2. The Bertz CT molecular complexity index is 2180. The minimum Gasteiger partial charge on any atom is -0.398 e. The summed E-state index contributed by atoms with van der Waals surface area (Å²) in [5.41, 5.74) is 12.7. The van der Waals surface area contributed by atoms with Crippen molar-refractivity contribution in [3.05, 3.63) is 122 Å². The normalized spacial score (nSPS) is 15.6. The van der Waals surface area contributed by atoms with Crippen molar-refractivity contribution in [1.82, 2.24) is 15.0 Å². The molecule has 0 saturated carbocycles. The first-order valence-electron chi connectivity index (χ1n) is 14.7. The second-order valence-electron chi connectivity index (χ2n) is 11.6. The van der Waals surface area contributed by atoms with Gasteiger partial charge in [0.25, 0.3) is 10.1 Å². The van der Waals surface area contributed by atoms with Crippen molar-refractivity contribution in [3.8, 4) is 0 Å². The van der Waals surface area contributed by atoms with Gasteiger partial charge in [-0.1, -0.05) is 36.4 Å².